The number of carbonyl (C=O) groups excluding carboxylic acids is 2. The standard InChI is InChI=1S/C19H20N4O7/c1-2-30-9-5-8-20-19(25)16-6-3-4-7-17(16)21-18(24)13-10-14(22(26)27)12-15(11-13)23(28)29/h3-4,6-7,10-12H,2,5,8-9H2,1H3,(H,20,25)(H,21,24). The van der Waals surface area contributed by atoms with E-state index < -0.39 is 33.0 Å². The predicted molar refractivity (Wildman–Crippen MR) is 108 cm³/mol. The molecule has 2 rings (SSSR count). The van der Waals surface area contributed by atoms with Gasteiger partial charge in [0.25, 0.3) is 23.2 Å². The average molecular weight is 416 g/mol. The smallest absolute Gasteiger partial charge is 0.277 e. The number of hydrogen-bond donors (Lipinski definition) is 2. The molecule has 0 saturated carbocycles. The highest BCUT2D eigenvalue weighted by Crippen LogP contribution is 2.24. The molecule has 0 aromatic heterocycles. The zero-order chi connectivity index (χ0) is 22.1. The van der Waals surface area contributed by atoms with Crippen LogP contribution in [0.25, 0.3) is 0 Å². The van der Waals surface area contributed by atoms with Crippen LogP contribution in [-0.2, 0) is 4.74 Å². The maximum atomic E-state index is 12.6. The molecule has 11 nitrogen and oxygen atoms in total. The summed E-state index contributed by atoms with van der Waals surface area (Å²) in [5.74, 6) is -1.24. The van der Waals surface area contributed by atoms with Crippen molar-refractivity contribution in [3.05, 3.63) is 73.8 Å². The van der Waals surface area contributed by atoms with Gasteiger partial charge in [-0.1, -0.05) is 12.1 Å². The zero-order valence-electron chi connectivity index (χ0n) is 16.1. The quantitative estimate of drug-likeness (QED) is 0.343. The molecule has 0 saturated heterocycles. The number of rotatable bonds is 10. The molecule has 2 N–H and O–H groups in total. The molecule has 0 aliphatic rings. The third-order valence-corrected chi connectivity index (χ3v) is 3.96. The predicted octanol–water partition coefficient (Wildman–Crippen LogP) is 2.91. The van der Waals surface area contributed by atoms with Crippen LogP contribution in [0.4, 0.5) is 17.1 Å². The third-order valence-electron chi connectivity index (χ3n) is 3.96. The van der Waals surface area contributed by atoms with E-state index in [1.807, 2.05) is 6.92 Å². The molecule has 0 aliphatic carbocycles. The summed E-state index contributed by atoms with van der Waals surface area (Å²) >= 11 is 0. The molecule has 2 amide bonds. The topological polar surface area (TPSA) is 154 Å². The zero-order valence-corrected chi connectivity index (χ0v) is 16.1. The first-order chi connectivity index (χ1) is 14.3. The SMILES string of the molecule is CCOCCCNC(=O)c1ccccc1NC(=O)c1cc([N+](=O)[O-])cc([N+](=O)[O-])c1. The number of nitrogens with one attached hydrogen (secondary N) is 2. The number of amides is 2. The van der Waals surface area contributed by atoms with Crippen molar-refractivity contribution in [2.24, 2.45) is 0 Å². The summed E-state index contributed by atoms with van der Waals surface area (Å²) in [5, 5.41) is 27.2. The number of ether oxygens (including phenoxy) is 1. The van der Waals surface area contributed by atoms with Gasteiger partial charge in [0.2, 0.25) is 0 Å². The second-order valence-electron chi connectivity index (χ2n) is 6.06. The van der Waals surface area contributed by atoms with Gasteiger partial charge in [-0.2, -0.15) is 0 Å². The van der Waals surface area contributed by atoms with Crippen LogP contribution < -0.4 is 10.6 Å². The highest BCUT2D eigenvalue weighted by atomic mass is 16.6. The molecule has 0 bridgehead atoms. The lowest BCUT2D eigenvalue weighted by Gasteiger charge is -2.11. The van der Waals surface area contributed by atoms with Crippen molar-refractivity contribution in [2.75, 3.05) is 25.1 Å². The molecular formula is C19H20N4O7. The molecule has 0 radical (unpaired) electrons. The molecule has 0 fully saturated rings. The maximum Gasteiger partial charge on any atom is 0.277 e. The van der Waals surface area contributed by atoms with Gasteiger partial charge in [-0.25, -0.2) is 0 Å². The van der Waals surface area contributed by atoms with Gasteiger partial charge in [0.05, 0.1) is 32.7 Å². The molecular weight excluding hydrogens is 396 g/mol. The van der Waals surface area contributed by atoms with E-state index >= 15 is 0 Å². The van der Waals surface area contributed by atoms with Crippen molar-refractivity contribution in [3.63, 3.8) is 0 Å². The van der Waals surface area contributed by atoms with Gasteiger partial charge < -0.3 is 15.4 Å². The van der Waals surface area contributed by atoms with E-state index in [0.29, 0.717) is 26.2 Å². The third kappa shape index (κ3) is 6.07. The Morgan fingerprint density at radius 2 is 1.63 bits per heavy atom. The molecule has 0 unspecified atom stereocenters. The van der Waals surface area contributed by atoms with Crippen LogP contribution in [-0.4, -0.2) is 41.4 Å². The van der Waals surface area contributed by atoms with Gasteiger partial charge in [0.1, 0.15) is 0 Å². The van der Waals surface area contributed by atoms with Gasteiger partial charge in [0, 0.05) is 31.9 Å². The lowest BCUT2D eigenvalue weighted by molar-refractivity contribution is -0.394. The Labute approximate surface area is 171 Å². The summed E-state index contributed by atoms with van der Waals surface area (Å²) in [6.07, 6.45) is 0.617. The Balaban J connectivity index is 2.19. The number of non-ortho nitro benzene ring substituents is 2. The minimum atomic E-state index is -0.826. The van der Waals surface area contributed by atoms with E-state index in [-0.39, 0.29) is 16.8 Å². The normalized spacial score (nSPS) is 10.3. The van der Waals surface area contributed by atoms with Crippen LogP contribution in [0.5, 0.6) is 0 Å². The van der Waals surface area contributed by atoms with Gasteiger partial charge in [0.15, 0.2) is 0 Å². The first kappa shape index (κ1) is 22.4. The van der Waals surface area contributed by atoms with E-state index in [2.05, 4.69) is 10.6 Å². The van der Waals surface area contributed by atoms with Crippen LogP contribution in [0, 0.1) is 20.2 Å². The molecule has 2 aromatic rings. The molecule has 158 valence electrons. The van der Waals surface area contributed by atoms with Crippen molar-refractivity contribution in [3.8, 4) is 0 Å². The van der Waals surface area contributed by atoms with E-state index in [0.717, 1.165) is 18.2 Å². The number of nitrogens with zero attached hydrogens (tertiary/aromatic N) is 2. The van der Waals surface area contributed by atoms with Gasteiger partial charge in [-0.05, 0) is 25.5 Å². The van der Waals surface area contributed by atoms with E-state index in [9.17, 15) is 29.8 Å². The Morgan fingerprint density at radius 1 is 1.00 bits per heavy atom. The van der Waals surface area contributed by atoms with Crippen LogP contribution in [0.15, 0.2) is 42.5 Å². The first-order valence-electron chi connectivity index (χ1n) is 9.03. The second-order valence-corrected chi connectivity index (χ2v) is 6.06. The van der Waals surface area contributed by atoms with Crippen LogP contribution in [0.3, 0.4) is 0 Å². The summed E-state index contributed by atoms with van der Waals surface area (Å²) in [7, 11) is 0. The molecule has 11 heteroatoms. The summed E-state index contributed by atoms with van der Waals surface area (Å²) in [6, 6.07) is 8.82. The first-order valence-corrected chi connectivity index (χ1v) is 9.03. The number of para-hydroxylation sites is 1. The van der Waals surface area contributed by atoms with Crippen molar-refractivity contribution in [1.29, 1.82) is 0 Å². The minimum absolute atomic E-state index is 0.166. The monoisotopic (exact) mass is 416 g/mol. The number of benzene rings is 2. The van der Waals surface area contributed by atoms with Crippen molar-refractivity contribution >= 4 is 28.9 Å². The lowest BCUT2D eigenvalue weighted by Crippen LogP contribution is -2.26. The number of nitro benzene ring substituents is 2. The molecule has 0 aliphatic heterocycles. The fourth-order valence-corrected chi connectivity index (χ4v) is 2.54. The summed E-state index contributed by atoms with van der Waals surface area (Å²) in [6.45, 7) is 3.32. The number of nitro groups is 2. The van der Waals surface area contributed by atoms with Gasteiger partial charge in [-0.3, -0.25) is 29.8 Å². The summed E-state index contributed by atoms with van der Waals surface area (Å²) < 4.78 is 5.20. The Morgan fingerprint density at radius 3 is 2.23 bits per heavy atom. The number of hydrogen-bond acceptors (Lipinski definition) is 7. The number of carbonyl (C=O) groups is 2. The fourth-order valence-electron chi connectivity index (χ4n) is 2.54. The maximum absolute atomic E-state index is 12.6. The highest BCUT2D eigenvalue weighted by Gasteiger charge is 2.21. The van der Waals surface area contributed by atoms with Crippen LogP contribution in [0.1, 0.15) is 34.1 Å². The van der Waals surface area contributed by atoms with Crippen molar-refractivity contribution in [2.45, 2.75) is 13.3 Å². The van der Waals surface area contributed by atoms with Crippen LogP contribution in [0.2, 0.25) is 0 Å². The van der Waals surface area contributed by atoms with Crippen molar-refractivity contribution in [1.82, 2.24) is 5.32 Å². The minimum Gasteiger partial charge on any atom is -0.382 e. The Hall–Kier alpha value is -3.86. The van der Waals surface area contributed by atoms with E-state index in [4.69, 9.17) is 4.74 Å². The number of anilines is 1. The molecule has 0 atom stereocenters. The Kier molecular flexibility index (Phi) is 7.94. The van der Waals surface area contributed by atoms with E-state index in [1.54, 1.807) is 12.1 Å². The highest BCUT2D eigenvalue weighted by molar-refractivity contribution is 6.09. The van der Waals surface area contributed by atoms with Gasteiger partial charge >= 0.3 is 0 Å². The van der Waals surface area contributed by atoms with Crippen LogP contribution >= 0.6 is 0 Å². The largest absolute Gasteiger partial charge is 0.382 e. The average Bonchev–Trinajstić information content (AvgIpc) is 2.73. The Bertz CT molecular complexity index is 929. The molecule has 0 heterocycles. The molecule has 0 spiro atoms. The van der Waals surface area contributed by atoms with Crippen molar-refractivity contribution < 1.29 is 24.2 Å². The molecule has 2 aromatic carbocycles. The summed E-state index contributed by atoms with van der Waals surface area (Å²) in [5.41, 5.74) is -1.10. The van der Waals surface area contributed by atoms with E-state index in [1.165, 1.54) is 12.1 Å². The fraction of sp³-hybridized carbons (Fsp3) is 0.263. The summed E-state index contributed by atoms with van der Waals surface area (Å²) in [4.78, 5) is 45.4. The second kappa shape index (κ2) is 10.6. The molecule has 30 heavy (non-hydrogen) atoms. The lowest BCUT2D eigenvalue weighted by atomic mass is 10.1. The van der Waals surface area contributed by atoms with Gasteiger partial charge in [-0.15, -0.1) is 0 Å².